The first-order chi connectivity index (χ1) is 15.0. The quantitative estimate of drug-likeness (QED) is 0.547. The Hall–Kier alpha value is -4.01. The van der Waals surface area contributed by atoms with Gasteiger partial charge < -0.3 is 5.32 Å². The average molecular weight is 418 g/mol. The maximum atomic E-state index is 14.5. The zero-order valence-corrected chi connectivity index (χ0v) is 16.4. The van der Waals surface area contributed by atoms with Crippen molar-refractivity contribution in [2.45, 2.75) is 19.3 Å². The third-order valence-electron chi connectivity index (χ3n) is 5.24. The van der Waals surface area contributed by atoms with Crippen LogP contribution in [0.2, 0.25) is 0 Å². The number of amides is 1. The molecular weight excluding hydrogens is 402 g/mol. The minimum atomic E-state index is -0.682. The van der Waals surface area contributed by atoms with E-state index in [4.69, 9.17) is 0 Å². The lowest BCUT2D eigenvalue weighted by Crippen LogP contribution is -2.25. The molecule has 0 fully saturated rings. The standard InChI is InChI=1S/C22H16F2N6O/c1-12-20-16(15-9-14(23)7-8-17(15)24)10-19(31)27-21(20)30(29-12)22-26-18(11-25-28-22)13-5-3-2-4-6-13/h2-9,11,16H,10H2,1H3,(H,27,31). The van der Waals surface area contributed by atoms with E-state index in [-0.39, 0.29) is 23.8 Å². The number of anilines is 1. The summed E-state index contributed by atoms with van der Waals surface area (Å²) >= 11 is 0. The number of aromatic nitrogens is 5. The van der Waals surface area contributed by atoms with Crippen LogP contribution in [-0.4, -0.2) is 30.9 Å². The molecular formula is C22H16F2N6O. The molecule has 0 aliphatic carbocycles. The van der Waals surface area contributed by atoms with Gasteiger partial charge in [0.2, 0.25) is 5.91 Å². The van der Waals surface area contributed by atoms with Crippen LogP contribution < -0.4 is 5.32 Å². The fourth-order valence-electron chi connectivity index (χ4n) is 3.87. The maximum absolute atomic E-state index is 14.5. The molecule has 0 bridgehead atoms. The van der Waals surface area contributed by atoms with Gasteiger partial charge in [-0.2, -0.15) is 14.9 Å². The molecule has 0 saturated carbocycles. The van der Waals surface area contributed by atoms with Crippen molar-refractivity contribution in [3.63, 3.8) is 0 Å². The number of hydrogen-bond donors (Lipinski definition) is 1. The SMILES string of the molecule is Cc1nn(-c2nncc(-c3ccccc3)n2)c2c1C(c1cc(F)ccc1F)CC(=O)N2. The van der Waals surface area contributed by atoms with E-state index in [9.17, 15) is 13.6 Å². The van der Waals surface area contributed by atoms with Gasteiger partial charge in [0.25, 0.3) is 5.95 Å². The van der Waals surface area contributed by atoms with E-state index in [1.807, 2.05) is 30.3 Å². The highest BCUT2D eigenvalue weighted by molar-refractivity contribution is 5.95. The smallest absolute Gasteiger partial charge is 0.272 e. The van der Waals surface area contributed by atoms with E-state index in [1.54, 1.807) is 6.92 Å². The van der Waals surface area contributed by atoms with Crippen LogP contribution in [0.25, 0.3) is 17.2 Å². The fourth-order valence-corrected chi connectivity index (χ4v) is 3.87. The molecule has 3 heterocycles. The molecule has 1 unspecified atom stereocenters. The molecule has 1 atom stereocenters. The first-order valence-electron chi connectivity index (χ1n) is 9.61. The van der Waals surface area contributed by atoms with Gasteiger partial charge >= 0.3 is 0 Å². The summed E-state index contributed by atoms with van der Waals surface area (Å²) in [6, 6.07) is 12.7. The lowest BCUT2D eigenvalue weighted by molar-refractivity contribution is -0.116. The Balaban J connectivity index is 1.65. The van der Waals surface area contributed by atoms with E-state index in [0.29, 0.717) is 22.8 Å². The normalized spacial score (nSPS) is 15.5. The molecule has 2 aromatic heterocycles. The maximum Gasteiger partial charge on any atom is 0.272 e. The van der Waals surface area contributed by atoms with Crippen molar-refractivity contribution in [2.75, 3.05) is 5.32 Å². The number of halogens is 2. The van der Waals surface area contributed by atoms with Crippen molar-refractivity contribution in [2.24, 2.45) is 0 Å². The van der Waals surface area contributed by atoms with Crippen LogP contribution in [-0.2, 0) is 4.79 Å². The highest BCUT2D eigenvalue weighted by atomic mass is 19.1. The average Bonchev–Trinajstić information content (AvgIpc) is 3.12. The van der Waals surface area contributed by atoms with Gasteiger partial charge in [-0.25, -0.2) is 13.8 Å². The van der Waals surface area contributed by atoms with E-state index in [0.717, 1.165) is 23.8 Å². The Morgan fingerprint density at radius 2 is 1.94 bits per heavy atom. The zero-order valence-electron chi connectivity index (χ0n) is 16.4. The Kier molecular flexibility index (Phi) is 4.50. The van der Waals surface area contributed by atoms with Gasteiger partial charge in [0.1, 0.15) is 17.5 Å². The highest BCUT2D eigenvalue weighted by Gasteiger charge is 2.34. The molecule has 0 spiro atoms. The predicted octanol–water partition coefficient (Wildman–Crippen LogP) is 3.79. The van der Waals surface area contributed by atoms with Gasteiger partial charge in [0.05, 0.1) is 17.6 Å². The number of carbonyl (C=O) groups is 1. The Morgan fingerprint density at radius 1 is 1.13 bits per heavy atom. The summed E-state index contributed by atoms with van der Waals surface area (Å²) in [5.41, 5.74) is 2.69. The van der Waals surface area contributed by atoms with Crippen molar-refractivity contribution in [1.82, 2.24) is 25.0 Å². The third-order valence-corrected chi connectivity index (χ3v) is 5.24. The summed E-state index contributed by atoms with van der Waals surface area (Å²) in [5, 5.41) is 15.3. The van der Waals surface area contributed by atoms with Crippen molar-refractivity contribution in [1.29, 1.82) is 0 Å². The Labute approximate surface area is 175 Å². The number of benzene rings is 2. The number of nitrogens with zero attached hydrogens (tertiary/aromatic N) is 5. The molecule has 9 heteroatoms. The second-order valence-electron chi connectivity index (χ2n) is 7.24. The number of aryl methyl sites for hydroxylation is 1. The minimum Gasteiger partial charge on any atom is -0.310 e. The van der Waals surface area contributed by atoms with E-state index < -0.39 is 17.6 Å². The molecule has 4 aromatic rings. The lowest BCUT2D eigenvalue weighted by Gasteiger charge is -2.24. The van der Waals surface area contributed by atoms with Gasteiger partial charge in [0, 0.05) is 23.5 Å². The van der Waals surface area contributed by atoms with E-state index >= 15 is 0 Å². The summed E-state index contributed by atoms with van der Waals surface area (Å²) in [4.78, 5) is 17.0. The molecule has 5 rings (SSSR count). The van der Waals surface area contributed by atoms with Crippen LogP contribution in [0, 0.1) is 18.6 Å². The monoisotopic (exact) mass is 418 g/mol. The van der Waals surface area contributed by atoms with E-state index in [1.165, 1.54) is 10.9 Å². The molecule has 7 nitrogen and oxygen atoms in total. The summed E-state index contributed by atoms with van der Waals surface area (Å²) in [7, 11) is 0. The molecule has 1 aliphatic rings. The predicted molar refractivity (Wildman–Crippen MR) is 109 cm³/mol. The van der Waals surface area contributed by atoms with E-state index in [2.05, 4.69) is 25.6 Å². The van der Waals surface area contributed by atoms with Crippen molar-refractivity contribution >= 4 is 11.7 Å². The molecule has 1 amide bonds. The molecule has 0 radical (unpaired) electrons. The Bertz CT molecular complexity index is 1300. The van der Waals surface area contributed by atoms with Gasteiger partial charge in [0.15, 0.2) is 0 Å². The number of fused-ring (bicyclic) bond motifs is 1. The molecule has 1 N–H and O–H groups in total. The van der Waals surface area contributed by atoms with Gasteiger partial charge in [-0.15, -0.1) is 5.10 Å². The van der Waals surface area contributed by atoms with Crippen LogP contribution >= 0.6 is 0 Å². The first kappa shape index (κ1) is 19.0. The van der Waals surface area contributed by atoms with Gasteiger partial charge in [-0.05, 0) is 30.7 Å². The summed E-state index contributed by atoms with van der Waals surface area (Å²) in [5.74, 6) is -1.69. The Morgan fingerprint density at radius 3 is 2.74 bits per heavy atom. The van der Waals surface area contributed by atoms with Crippen molar-refractivity contribution < 1.29 is 13.6 Å². The fraction of sp³-hybridized carbons (Fsp3) is 0.136. The van der Waals surface area contributed by atoms with Crippen LogP contribution in [0.4, 0.5) is 14.6 Å². The minimum absolute atomic E-state index is 0.0247. The van der Waals surface area contributed by atoms with Crippen LogP contribution in [0.15, 0.2) is 54.7 Å². The van der Waals surface area contributed by atoms with Crippen LogP contribution in [0.1, 0.15) is 29.2 Å². The van der Waals surface area contributed by atoms with Crippen LogP contribution in [0.5, 0.6) is 0 Å². The number of rotatable bonds is 3. The molecule has 2 aromatic carbocycles. The van der Waals surface area contributed by atoms with Crippen LogP contribution in [0.3, 0.4) is 0 Å². The lowest BCUT2D eigenvalue weighted by atomic mass is 9.85. The molecule has 154 valence electrons. The molecule has 1 aliphatic heterocycles. The molecule has 0 saturated heterocycles. The van der Waals surface area contributed by atoms with Gasteiger partial charge in [-0.3, -0.25) is 4.79 Å². The third kappa shape index (κ3) is 3.33. The first-order valence-corrected chi connectivity index (χ1v) is 9.61. The van der Waals surface area contributed by atoms with Crippen molar-refractivity contribution in [3.05, 3.63) is 83.2 Å². The second-order valence-corrected chi connectivity index (χ2v) is 7.24. The number of nitrogens with one attached hydrogen (secondary N) is 1. The second kappa shape index (κ2) is 7.35. The zero-order chi connectivity index (χ0) is 21.5. The topological polar surface area (TPSA) is 85.6 Å². The molecule has 31 heavy (non-hydrogen) atoms. The number of carbonyl (C=O) groups excluding carboxylic acids is 1. The summed E-state index contributed by atoms with van der Waals surface area (Å²) in [6.07, 6.45) is 1.51. The summed E-state index contributed by atoms with van der Waals surface area (Å²) < 4.78 is 29.7. The number of hydrogen-bond acceptors (Lipinski definition) is 5. The van der Waals surface area contributed by atoms with Gasteiger partial charge in [-0.1, -0.05) is 30.3 Å². The highest BCUT2D eigenvalue weighted by Crippen LogP contribution is 2.40. The van der Waals surface area contributed by atoms with Crippen molar-refractivity contribution in [3.8, 4) is 17.2 Å². The largest absolute Gasteiger partial charge is 0.310 e. The summed E-state index contributed by atoms with van der Waals surface area (Å²) in [6.45, 7) is 1.74.